The first kappa shape index (κ1) is 28.2. The molecule has 0 unspecified atom stereocenters. The molecule has 2 amide bonds. The summed E-state index contributed by atoms with van der Waals surface area (Å²) in [5.41, 5.74) is 2.52. The highest BCUT2D eigenvalue weighted by Gasteiger charge is 2.20. The molecule has 2 heterocycles. The average molecular weight is 593 g/mol. The number of carbonyl (C=O) groups excluding carboxylic acids is 2. The molecule has 0 fully saturated rings. The highest BCUT2D eigenvalue weighted by molar-refractivity contribution is 9.10. The molecule has 0 spiro atoms. The molecule has 1 aromatic carbocycles. The van der Waals surface area contributed by atoms with E-state index in [9.17, 15) is 9.59 Å². The van der Waals surface area contributed by atoms with Crippen LogP contribution in [0.15, 0.2) is 35.1 Å². The van der Waals surface area contributed by atoms with E-state index >= 15 is 0 Å². The van der Waals surface area contributed by atoms with Crippen LogP contribution in [0.1, 0.15) is 31.5 Å². The molecule has 3 aromatic rings. The number of carbonyl (C=O) groups is 2. The maximum atomic E-state index is 12.6. The van der Waals surface area contributed by atoms with Gasteiger partial charge in [-0.15, -0.1) is 12.4 Å². The van der Waals surface area contributed by atoms with Crippen LogP contribution in [0, 0.1) is 12.8 Å². The van der Waals surface area contributed by atoms with Crippen molar-refractivity contribution in [1.82, 2.24) is 14.7 Å². The summed E-state index contributed by atoms with van der Waals surface area (Å²) in [7, 11) is 1.60. The summed E-state index contributed by atoms with van der Waals surface area (Å²) < 4.78 is 8.74. The largest absolute Gasteiger partial charge is 0.485 e. The van der Waals surface area contributed by atoms with Gasteiger partial charge in [-0.05, 0) is 53.0 Å². The zero-order valence-electron chi connectivity index (χ0n) is 19.2. The average Bonchev–Trinajstić information content (AvgIpc) is 3.05. The van der Waals surface area contributed by atoms with E-state index < -0.39 is 0 Å². The smallest absolute Gasteiger partial charge is 0.246 e. The third kappa shape index (κ3) is 6.36. The number of ether oxygens (including phenoxy) is 1. The summed E-state index contributed by atoms with van der Waals surface area (Å²) >= 11 is 16.5. The van der Waals surface area contributed by atoms with Crippen molar-refractivity contribution >= 4 is 74.7 Å². The van der Waals surface area contributed by atoms with Crippen LogP contribution in [-0.4, -0.2) is 34.8 Å². The number of halogens is 4. The number of benzene rings is 1. The Hall–Kier alpha value is -2.00. The van der Waals surface area contributed by atoms with Gasteiger partial charge >= 0.3 is 0 Å². The molecule has 11 heteroatoms. The van der Waals surface area contributed by atoms with Gasteiger partial charge < -0.3 is 15.0 Å². The number of pyridine rings is 1. The quantitative estimate of drug-likeness (QED) is 0.357. The third-order valence-corrected chi connectivity index (χ3v) is 6.75. The van der Waals surface area contributed by atoms with Crippen LogP contribution < -0.4 is 15.0 Å². The monoisotopic (exact) mass is 590 g/mol. The number of aromatic nitrogens is 2. The summed E-state index contributed by atoms with van der Waals surface area (Å²) in [5, 5.41) is 3.37. The summed E-state index contributed by atoms with van der Waals surface area (Å²) in [5.74, 6) is 0.314. The fraction of sp³-hybridized carbons (Fsp3) is 0.348. The number of rotatable bonds is 8. The zero-order valence-corrected chi connectivity index (χ0v) is 23.1. The number of amides is 2. The number of likely N-dealkylation sites (N-methyl/N-ethyl adjacent to an activating group) is 1. The van der Waals surface area contributed by atoms with Gasteiger partial charge in [0, 0.05) is 30.3 Å². The molecule has 0 aliphatic carbocycles. The minimum absolute atomic E-state index is 0. The molecule has 2 aromatic heterocycles. The van der Waals surface area contributed by atoms with Crippen molar-refractivity contribution in [3.05, 3.63) is 56.4 Å². The number of nitrogens with one attached hydrogen (secondary N) is 1. The molecular weight excluding hydrogens is 567 g/mol. The third-order valence-electron chi connectivity index (χ3n) is 5.02. The lowest BCUT2D eigenvalue weighted by Gasteiger charge is -2.21. The Bertz CT molecular complexity index is 1200. The molecular formula is C23H26BrCl3N4O3. The summed E-state index contributed by atoms with van der Waals surface area (Å²) in [6, 6.07) is 7.00. The number of hydrogen-bond acceptors (Lipinski definition) is 4. The van der Waals surface area contributed by atoms with Crippen LogP contribution in [0.5, 0.6) is 5.75 Å². The second-order valence-electron chi connectivity index (χ2n) is 8.03. The highest BCUT2D eigenvalue weighted by Crippen LogP contribution is 2.35. The van der Waals surface area contributed by atoms with Gasteiger partial charge in [-0.25, -0.2) is 4.98 Å². The number of hydrogen-bond donors (Lipinski definition) is 1. The van der Waals surface area contributed by atoms with Crippen molar-refractivity contribution < 1.29 is 14.3 Å². The first-order chi connectivity index (χ1) is 15.6. The van der Waals surface area contributed by atoms with E-state index in [1.807, 2.05) is 43.5 Å². The molecule has 0 aliphatic heterocycles. The van der Waals surface area contributed by atoms with Crippen LogP contribution >= 0.6 is 51.5 Å². The van der Waals surface area contributed by atoms with Crippen molar-refractivity contribution in [3.8, 4) is 5.75 Å². The lowest BCUT2D eigenvalue weighted by molar-refractivity contribution is -0.125. The van der Waals surface area contributed by atoms with E-state index in [0.29, 0.717) is 39.1 Å². The second-order valence-corrected chi connectivity index (χ2v) is 9.57. The van der Waals surface area contributed by atoms with Crippen molar-refractivity contribution in [2.75, 3.05) is 18.5 Å². The number of aryl methyl sites for hydroxylation is 1. The molecule has 0 saturated heterocycles. The topological polar surface area (TPSA) is 75.9 Å². The van der Waals surface area contributed by atoms with Crippen LogP contribution in [0.25, 0.3) is 5.65 Å². The Labute approximate surface area is 223 Å². The second kappa shape index (κ2) is 12.1. The summed E-state index contributed by atoms with van der Waals surface area (Å²) in [4.78, 5) is 30.4. The van der Waals surface area contributed by atoms with Crippen molar-refractivity contribution in [2.24, 2.45) is 5.92 Å². The standard InChI is InChI=1S/C23H25BrCl2N4O3.ClH/c1-13(2)10-19(31)27-11-20(32)29(4)17-8-7-16(25)15(21(17)26)12-33-18-6-5-9-30-22(24)14(3)28-23(18)30;/h5-9,13H,10-12H2,1-4H3,(H,27,31);1H. The Kier molecular flexibility index (Phi) is 10.1. The zero-order chi connectivity index (χ0) is 24.3. The minimum atomic E-state index is -0.300. The van der Waals surface area contributed by atoms with E-state index in [1.54, 1.807) is 19.2 Å². The van der Waals surface area contributed by atoms with Gasteiger partial charge in [-0.3, -0.25) is 14.0 Å². The SMILES string of the molecule is Cc1nc2c(OCc3c(Cl)ccc(N(C)C(=O)CNC(=O)CC(C)C)c3Cl)cccn2c1Br.Cl. The lowest BCUT2D eigenvalue weighted by Crippen LogP contribution is -2.38. The molecule has 7 nitrogen and oxygen atoms in total. The molecule has 34 heavy (non-hydrogen) atoms. The van der Waals surface area contributed by atoms with Gasteiger partial charge in [0.15, 0.2) is 11.4 Å². The van der Waals surface area contributed by atoms with E-state index in [4.69, 9.17) is 27.9 Å². The lowest BCUT2D eigenvalue weighted by atomic mass is 10.1. The fourth-order valence-electron chi connectivity index (χ4n) is 3.24. The molecule has 3 rings (SSSR count). The molecule has 184 valence electrons. The maximum absolute atomic E-state index is 12.6. The number of fused-ring (bicyclic) bond motifs is 1. The number of nitrogens with zero attached hydrogens (tertiary/aromatic N) is 3. The Morgan fingerprint density at radius 2 is 1.97 bits per heavy atom. The van der Waals surface area contributed by atoms with E-state index in [1.165, 1.54) is 4.90 Å². The first-order valence-corrected chi connectivity index (χ1v) is 11.9. The molecule has 1 N–H and O–H groups in total. The predicted octanol–water partition coefficient (Wildman–Crippen LogP) is 5.84. The summed E-state index contributed by atoms with van der Waals surface area (Å²) in [6.07, 6.45) is 2.24. The molecule has 0 bridgehead atoms. The first-order valence-electron chi connectivity index (χ1n) is 10.4. The van der Waals surface area contributed by atoms with Gasteiger partial charge in [0.1, 0.15) is 11.2 Å². The Morgan fingerprint density at radius 1 is 1.26 bits per heavy atom. The minimum Gasteiger partial charge on any atom is -0.485 e. The normalized spacial score (nSPS) is 10.8. The molecule has 0 saturated carbocycles. The maximum Gasteiger partial charge on any atom is 0.246 e. The van der Waals surface area contributed by atoms with Crippen molar-refractivity contribution in [3.63, 3.8) is 0 Å². The van der Waals surface area contributed by atoms with E-state index in [0.717, 1.165) is 10.3 Å². The summed E-state index contributed by atoms with van der Waals surface area (Å²) in [6.45, 7) is 5.75. The van der Waals surface area contributed by atoms with Gasteiger partial charge in [0.25, 0.3) is 0 Å². The van der Waals surface area contributed by atoms with Crippen LogP contribution in [0.2, 0.25) is 10.0 Å². The predicted molar refractivity (Wildman–Crippen MR) is 142 cm³/mol. The van der Waals surface area contributed by atoms with Gasteiger partial charge in [-0.2, -0.15) is 0 Å². The van der Waals surface area contributed by atoms with E-state index in [2.05, 4.69) is 26.2 Å². The van der Waals surface area contributed by atoms with E-state index in [-0.39, 0.29) is 43.3 Å². The van der Waals surface area contributed by atoms with Crippen molar-refractivity contribution in [2.45, 2.75) is 33.8 Å². The fourth-order valence-corrected chi connectivity index (χ4v) is 4.22. The van der Waals surface area contributed by atoms with Gasteiger partial charge in [-0.1, -0.05) is 37.0 Å². The number of anilines is 1. The van der Waals surface area contributed by atoms with Gasteiger partial charge in [0.05, 0.1) is 22.9 Å². The Balaban J connectivity index is 0.00000408. The highest BCUT2D eigenvalue weighted by atomic mass is 79.9. The van der Waals surface area contributed by atoms with Crippen LogP contribution in [0.4, 0.5) is 5.69 Å². The van der Waals surface area contributed by atoms with Crippen LogP contribution in [-0.2, 0) is 16.2 Å². The molecule has 0 aliphatic rings. The molecule has 0 radical (unpaired) electrons. The number of imidazole rings is 1. The Morgan fingerprint density at radius 3 is 2.65 bits per heavy atom. The molecule has 0 atom stereocenters. The van der Waals surface area contributed by atoms with Crippen molar-refractivity contribution in [1.29, 1.82) is 0 Å². The van der Waals surface area contributed by atoms with Gasteiger partial charge in [0.2, 0.25) is 11.8 Å². The van der Waals surface area contributed by atoms with Crippen LogP contribution in [0.3, 0.4) is 0 Å².